The Balaban J connectivity index is 2.13. The summed E-state index contributed by atoms with van der Waals surface area (Å²) in [5, 5.41) is 4.43. The van der Waals surface area contributed by atoms with Crippen LogP contribution in [0.25, 0.3) is 5.65 Å². The molecule has 0 saturated carbocycles. The van der Waals surface area contributed by atoms with Crippen molar-refractivity contribution >= 4 is 5.65 Å². The first-order valence-corrected chi connectivity index (χ1v) is 6.31. The van der Waals surface area contributed by atoms with Gasteiger partial charge in [-0.05, 0) is 20.8 Å². The lowest BCUT2D eigenvalue weighted by Crippen LogP contribution is -2.23. The lowest BCUT2D eigenvalue weighted by Gasteiger charge is -2.16. The predicted molar refractivity (Wildman–Crippen MR) is 71.8 cm³/mol. The molecule has 104 valence electrons. The molecule has 0 aromatic carbocycles. The van der Waals surface area contributed by atoms with Gasteiger partial charge in [-0.3, -0.25) is 4.84 Å². The van der Waals surface area contributed by atoms with Crippen LogP contribution in [0.2, 0.25) is 0 Å². The Labute approximate surface area is 112 Å². The van der Waals surface area contributed by atoms with Crippen LogP contribution in [-0.2, 0) is 9.57 Å². The van der Waals surface area contributed by atoms with E-state index in [9.17, 15) is 0 Å². The molecule has 2 aromatic heterocycles. The van der Waals surface area contributed by atoms with Crippen LogP contribution in [0.4, 0.5) is 0 Å². The third kappa shape index (κ3) is 3.09. The second kappa shape index (κ2) is 6.10. The van der Waals surface area contributed by atoms with Gasteiger partial charge in [-0.2, -0.15) is 10.6 Å². The Morgan fingerprint density at radius 3 is 2.89 bits per heavy atom. The molecule has 0 aliphatic rings. The summed E-state index contributed by atoms with van der Waals surface area (Å²) in [5.41, 5.74) is 6.94. The molecule has 0 aliphatic carbocycles. The van der Waals surface area contributed by atoms with E-state index in [2.05, 4.69) is 15.6 Å². The van der Waals surface area contributed by atoms with E-state index in [0.29, 0.717) is 13.2 Å². The summed E-state index contributed by atoms with van der Waals surface area (Å²) in [6.07, 6.45) is 1.86. The van der Waals surface area contributed by atoms with E-state index in [1.165, 1.54) is 0 Å². The van der Waals surface area contributed by atoms with Crippen molar-refractivity contribution in [2.75, 3.05) is 20.3 Å². The highest BCUT2D eigenvalue weighted by Crippen LogP contribution is 2.17. The zero-order valence-corrected chi connectivity index (χ0v) is 11.8. The summed E-state index contributed by atoms with van der Waals surface area (Å²) in [4.78, 5) is 9.74. The lowest BCUT2D eigenvalue weighted by molar-refractivity contribution is -0.00947. The molecule has 1 N–H and O–H groups in total. The quantitative estimate of drug-likeness (QED) is 0.634. The van der Waals surface area contributed by atoms with Gasteiger partial charge in [0.25, 0.3) is 0 Å². The number of ether oxygens (including phenoxy) is 1. The van der Waals surface area contributed by atoms with Gasteiger partial charge in [0.15, 0.2) is 5.65 Å². The summed E-state index contributed by atoms with van der Waals surface area (Å²) in [6, 6.07) is 2.00. The first-order chi connectivity index (χ1) is 9.13. The van der Waals surface area contributed by atoms with Crippen LogP contribution in [0, 0.1) is 13.8 Å². The first-order valence-electron chi connectivity index (χ1n) is 6.31. The fourth-order valence-electron chi connectivity index (χ4n) is 1.97. The largest absolute Gasteiger partial charge is 0.382 e. The molecule has 6 nitrogen and oxygen atoms in total. The van der Waals surface area contributed by atoms with Crippen molar-refractivity contribution in [2.45, 2.75) is 26.8 Å². The van der Waals surface area contributed by atoms with E-state index in [4.69, 9.17) is 9.57 Å². The van der Waals surface area contributed by atoms with Crippen LogP contribution in [0.5, 0.6) is 0 Å². The van der Waals surface area contributed by atoms with Crippen molar-refractivity contribution in [1.29, 1.82) is 0 Å². The molecule has 2 rings (SSSR count). The standard InChI is InChI=1S/C13H20N4O2/c1-9-7-13-14-8-12(11(3)17(13)15-9)10(2)16-19-6-5-18-4/h7-8,10,16H,5-6H2,1-4H3. The smallest absolute Gasteiger partial charge is 0.155 e. The van der Waals surface area contributed by atoms with E-state index in [-0.39, 0.29) is 6.04 Å². The molecule has 0 aliphatic heterocycles. The number of nitrogens with zero attached hydrogens (tertiary/aromatic N) is 3. The molecule has 0 fully saturated rings. The summed E-state index contributed by atoms with van der Waals surface area (Å²) >= 11 is 0. The second-order valence-corrected chi connectivity index (χ2v) is 4.54. The van der Waals surface area contributed by atoms with Crippen LogP contribution in [0.15, 0.2) is 12.3 Å². The molecular weight excluding hydrogens is 244 g/mol. The molecule has 2 heterocycles. The van der Waals surface area contributed by atoms with Gasteiger partial charge in [0, 0.05) is 30.6 Å². The molecule has 0 amide bonds. The van der Waals surface area contributed by atoms with Crippen LogP contribution >= 0.6 is 0 Å². The number of rotatable bonds is 6. The number of fused-ring (bicyclic) bond motifs is 1. The van der Waals surface area contributed by atoms with Crippen LogP contribution in [-0.4, -0.2) is 34.9 Å². The van der Waals surface area contributed by atoms with E-state index >= 15 is 0 Å². The second-order valence-electron chi connectivity index (χ2n) is 4.54. The van der Waals surface area contributed by atoms with Gasteiger partial charge in [-0.25, -0.2) is 9.50 Å². The molecule has 0 bridgehead atoms. The first kappa shape index (κ1) is 13.9. The minimum absolute atomic E-state index is 0.0401. The van der Waals surface area contributed by atoms with E-state index in [1.807, 2.05) is 37.5 Å². The fourth-order valence-corrected chi connectivity index (χ4v) is 1.97. The van der Waals surface area contributed by atoms with E-state index < -0.39 is 0 Å². The maximum atomic E-state index is 5.33. The summed E-state index contributed by atoms with van der Waals surface area (Å²) in [6.45, 7) is 7.09. The zero-order chi connectivity index (χ0) is 13.8. The van der Waals surface area contributed by atoms with Gasteiger partial charge < -0.3 is 4.74 Å². The maximum absolute atomic E-state index is 5.33. The number of nitrogens with one attached hydrogen (secondary N) is 1. The predicted octanol–water partition coefficient (Wildman–Crippen LogP) is 1.57. The van der Waals surface area contributed by atoms with Crippen LogP contribution in [0.3, 0.4) is 0 Å². The third-order valence-corrected chi connectivity index (χ3v) is 3.00. The maximum Gasteiger partial charge on any atom is 0.155 e. The number of hydroxylamine groups is 1. The molecule has 0 radical (unpaired) electrons. The topological polar surface area (TPSA) is 60.7 Å². The average molecular weight is 264 g/mol. The Morgan fingerprint density at radius 2 is 2.16 bits per heavy atom. The van der Waals surface area contributed by atoms with Crippen LogP contribution < -0.4 is 5.48 Å². The number of aromatic nitrogens is 3. The molecule has 6 heteroatoms. The zero-order valence-electron chi connectivity index (χ0n) is 11.8. The lowest BCUT2D eigenvalue weighted by atomic mass is 10.1. The molecule has 1 unspecified atom stereocenters. The average Bonchev–Trinajstić information content (AvgIpc) is 2.76. The minimum Gasteiger partial charge on any atom is -0.382 e. The Bertz CT molecular complexity index is 553. The number of hydrogen-bond donors (Lipinski definition) is 1. The highest BCUT2D eigenvalue weighted by molar-refractivity contribution is 5.42. The van der Waals surface area contributed by atoms with Crippen LogP contribution in [0.1, 0.15) is 29.9 Å². The SMILES string of the molecule is COCCONC(C)c1cnc2cc(C)nn2c1C. The summed E-state index contributed by atoms with van der Waals surface area (Å²) < 4.78 is 6.78. The van der Waals surface area contributed by atoms with Crippen molar-refractivity contribution in [2.24, 2.45) is 0 Å². The Hall–Kier alpha value is -1.50. The minimum atomic E-state index is 0.0401. The number of aryl methyl sites for hydroxylation is 2. The Morgan fingerprint density at radius 1 is 1.37 bits per heavy atom. The molecule has 2 aromatic rings. The molecule has 1 atom stereocenters. The van der Waals surface area contributed by atoms with E-state index in [0.717, 1.165) is 22.6 Å². The van der Waals surface area contributed by atoms with Crippen molar-refractivity contribution < 1.29 is 9.57 Å². The number of hydrogen-bond acceptors (Lipinski definition) is 5. The summed E-state index contributed by atoms with van der Waals surface area (Å²) in [5.74, 6) is 0. The molecule has 19 heavy (non-hydrogen) atoms. The van der Waals surface area contributed by atoms with Crippen molar-refractivity contribution in [3.05, 3.63) is 29.2 Å². The fraction of sp³-hybridized carbons (Fsp3) is 0.538. The highest BCUT2D eigenvalue weighted by Gasteiger charge is 2.12. The number of methoxy groups -OCH3 is 1. The van der Waals surface area contributed by atoms with Crippen molar-refractivity contribution in [3.8, 4) is 0 Å². The summed E-state index contributed by atoms with van der Waals surface area (Å²) in [7, 11) is 1.65. The third-order valence-electron chi connectivity index (χ3n) is 3.00. The van der Waals surface area contributed by atoms with E-state index in [1.54, 1.807) is 7.11 Å². The monoisotopic (exact) mass is 264 g/mol. The van der Waals surface area contributed by atoms with Crippen molar-refractivity contribution in [1.82, 2.24) is 20.1 Å². The highest BCUT2D eigenvalue weighted by atomic mass is 16.7. The van der Waals surface area contributed by atoms with Gasteiger partial charge in [0.05, 0.1) is 24.9 Å². The van der Waals surface area contributed by atoms with Gasteiger partial charge >= 0.3 is 0 Å². The van der Waals surface area contributed by atoms with Gasteiger partial charge in [0.1, 0.15) is 0 Å². The van der Waals surface area contributed by atoms with Crippen molar-refractivity contribution in [3.63, 3.8) is 0 Å². The molecular formula is C13H20N4O2. The van der Waals surface area contributed by atoms with Gasteiger partial charge in [-0.1, -0.05) is 0 Å². The molecule has 0 spiro atoms. The Kier molecular flexibility index (Phi) is 4.47. The molecule has 0 saturated heterocycles. The van der Waals surface area contributed by atoms with Gasteiger partial charge in [0.2, 0.25) is 0 Å². The normalized spacial score (nSPS) is 13.1. The van der Waals surface area contributed by atoms with Gasteiger partial charge in [-0.15, -0.1) is 0 Å².